The third-order valence-corrected chi connectivity index (χ3v) is 6.45. The predicted octanol–water partition coefficient (Wildman–Crippen LogP) is 5.75. The average molecular weight is 441 g/mol. The van der Waals surface area contributed by atoms with Gasteiger partial charge in [-0.05, 0) is 41.8 Å². The predicted molar refractivity (Wildman–Crippen MR) is 119 cm³/mol. The van der Waals surface area contributed by atoms with Gasteiger partial charge >= 0.3 is 0 Å². The van der Waals surface area contributed by atoms with E-state index in [2.05, 4.69) is 10.6 Å². The zero-order valence-electron chi connectivity index (χ0n) is 15.9. The molecular weight excluding hydrogens is 423 g/mol. The lowest BCUT2D eigenvalue weighted by atomic mass is 10.1. The molecule has 2 aromatic heterocycles. The van der Waals surface area contributed by atoms with Gasteiger partial charge in [0.2, 0.25) is 0 Å². The molecule has 2 amide bonds. The Kier molecular flexibility index (Phi) is 5.89. The van der Waals surface area contributed by atoms with Crippen LogP contribution in [0.5, 0.6) is 0 Å². The second kappa shape index (κ2) is 8.74. The number of rotatable bonds is 6. The lowest BCUT2D eigenvalue weighted by Crippen LogP contribution is -2.14. The summed E-state index contributed by atoms with van der Waals surface area (Å²) >= 11 is 2.57. The van der Waals surface area contributed by atoms with Crippen LogP contribution in [-0.4, -0.2) is 18.9 Å². The first-order chi connectivity index (χ1) is 14.6. The van der Waals surface area contributed by atoms with Gasteiger partial charge in [-0.2, -0.15) is 0 Å². The highest BCUT2D eigenvalue weighted by molar-refractivity contribution is 7.21. The molecule has 0 saturated heterocycles. The van der Waals surface area contributed by atoms with Crippen LogP contribution in [0.15, 0.2) is 60.0 Å². The number of fused-ring (bicyclic) bond motifs is 1. The van der Waals surface area contributed by atoms with Crippen LogP contribution in [0.4, 0.5) is 15.8 Å². The Morgan fingerprint density at radius 3 is 2.43 bits per heavy atom. The van der Waals surface area contributed by atoms with Crippen molar-refractivity contribution in [2.75, 3.05) is 17.7 Å². The SMILES string of the molecule is COCc1c(C(=O)Nc2cccc(NC(=O)c3cccs3)c2)sc2cccc(F)c12. The van der Waals surface area contributed by atoms with Crippen molar-refractivity contribution in [2.45, 2.75) is 6.61 Å². The number of benzene rings is 2. The first-order valence-electron chi connectivity index (χ1n) is 9.02. The van der Waals surface area contributed by atoms with Gasteiger partial charge in [-0.1, -0.05) is 18.2 Å². The molecule has 0 aliphatic rings. The summed E-state index contributed by atoms with van der Waals surface area (Å²) in [5, 5.41) is 7.88. The quantitative estimate of drug-likeness (QED) is 0.401. The van der Waals surface area contributed by atoms with Crippen molar-refractivity contribution < 1.29 is 18.7 Å². The van der Waals surface area contributed by atoms with Crippen LogP contribution in [0, 0.1) is 5.82 Å². The number of ether oxygens (including phenoxy) is 1. The van der Waals surface area contributed by atoms with Gasteiger partial charge in [0.25, 0.3) is 11.8 Å². The van der Waals surface area contributed by atoms with Crippen molar-refractivity contribution in [3.63, 3.8) is 0 Å². The number of thiophene rings is 2. The first-order valence-corrected chi connectivity index (χ1v) is 10.7. The van der Waals surface area contributed by atoms with Gasteiger partial charge in [0, 0.05) is 34.1 Å². The van der Waals surface area contributed by atoms with Crippen LogP contribution in [-0.2, 0) is 11.3 Å². The number of hydrogen-bond acceptors (Lipinski definition) is 5. The van der Waals surface area contributed by atoms with Crippen LogP contribution in [0.1, 0.15) is 24.9 Å². The van der Waals surface area contributed by atoms with Crippen molar-refractivity contribution >= 4 is 55.9 Å². The zero-order chi connectivity index (χ0) is 21.1. The molecule has 0 fully saturated rings. The molecule has 0 aliphatic carbocycles. The highest BCUT2D eigenvalue weighted by Gasteiger charge is 2.21. The molecule has 152 valence electrons. The number of nitrogens with one attached hydrogen (secondary N) is 2. The first kappa shape index (κ1) is 20.2. The average Bonchev–Trinajstić information content (AvgIpc) is 3.38. The van der Waals surface area contributed by atoms with Crippen molar-refractivity contribution in [3.05, 3.63) is 81.1 Å². The lowest BCUT2D eigenvalue weighted by molar-refractivity contribution is 0.102. The van der Waals surface area contributed by atoms with Crippen LogP contribution >= 0.6 is 22.7 Å². The maximum absolute atomic E-state index is 14.3. The topological polar surface area (TPSA) is 67.4 Å². The summed E-state index contributed by atoms with van der Waals surface area (Å²) in [6.07, 6.45) is 0. The Morgan fingerprint density at radius 2 is 1.73 bits per heavy atom. The van der Waals surface area contributed by atoms with E-state index in [4.69, 9.17) is 4.74 Å². The number of carbonyl (C=O) groups excluding carboxylic acids is 2. The minimum atomic E-state index is -0.381. The molecule has 0 unspecified atom stereocenters. The molecule has 0 aliphatic heterocycles. The van der Waals surface area contributed by atoms with Crippen LogP contribution < -0.4 is 10.6 Å². The molecular formula is C22H17FN2O3S2. The molecule has 0 saturated carbocycles. The fraction of sp³-hybridized carbons (Fsp3) is 0.0909. The summed E-state index contributed by atoms with van der Waals surface area (Å²) in [6, 6.07) is 15.2. The molecule has 2 N–H and O–H groups in total. The second-order valence-electron chi connectivity index (χ2n) is 6.42. The van der Waals surface area contributed by atoms with Crippen LogP contribution in [0.25, 0.3) is 10.1 Å². The fourth-order valence-corrected chi connectivity index (χ4v) is 4.83. The normalized spacial score (nSPS) is 10.9. The number of hydrogen-bond donors (Lipinski definition) is 2. The summed E-state index contributed by atoms with van der Waals surface area (Å²) in [5.74, 6) is -0.951. The molecule has 0 atom stereocenters. The lowest BCUT2D eigenvalue weighted by Gasteiger charge is -2.09. The molecule has 2 heterocycles. The third kappa shape index (κ3) is 4.11. The van der Waals surface area contributed by atoms with E-state index in [0.29, 0.717) is 36.8 Å². The van der Waals surface area contributed by atoms with E-state index in [9.17, 15) is 14.0 Å². The number of carbonyl (C=O) groups is 2. The number of amides is 2. The molecule has 0 spiro atoms. The van der Waals surface area contributed by atoms with Crippen LogP contribution in [0.2, 0.25) is 0 Å². The zero-order valence-corrected chi connectivity index (χ0v) is 17.5. The Balaban J connectivity index is 1.58. The third-order valence-electron chi connectivity index (χ3n) is 4.38. The standard InChI is InChI=1S/C22H17FN2O3S2/c1-28-12-15-19-16(23)7-3-8-17(19)30-20(15)22(27)25-14-6-2-5-13(11-14)24-21(26)18-9-4-10-29-18/h2-11H,12H2,1H3,(H,24,26)(H,25,27). The number of methoxy groups -OCH3 is 1. The number of halogens is 1. The Bertz CT molecular complexity index is 1220. The molecule has 4 rings (SSSR count). The van der Waals surface area contributed by atoms with E-state index in [1.807, 2.05) is 11.4 Å². The number of anilines is 2. The smallest absolute Gasteiger partial charge is 0.266 e. The van der Waals surface area contributed by atoms with Gasteiger partial charge in [0.15, 0.2) is 0 Å². The van der Waals surface area contributed by atoms with E-state index in [1.165, 1.54) is 35.8 Å². The minimum absolute atomic E-state index is 0.126. The Hall–Kier alpha value is -3.07. The second-order valence-corrected chi connectivity index (χ2v) is 8.42. The van der Waals surface area contributed by atoms with Gasteiger partial charge in [0.1, 0.15) is 5.82 Å². The van der Waals surface area contributed by atoms with Gasteiger partial charge in [-0.3, -0.25) is 9.59 Å². The summed E-state index contributed by atoms with van der Waals surface area (Å²) in [7, 11) is 1.51. The van der Waals surface area contributed by atoms with Gasteiger partial charge in [-0.15, -0.1) is 22.7 Å². The van der Waals surface area contributed by atoms with E-state index < -0.39 is 0 Å². The van der Waals surface area contributed by atoms with E-state index in [-0.39, 0.29) is 24.2 Å². The van der Waals surface area contributed by atoms with E-state index in [1.54, 1.807) is 42.5 Å². The van der Waals surface area contributed by atoms with E-state index in [0.717, 1.165) is 0 Å². The Labute approximate surface area is 180 Å². The summed E-state index contributed by atoms with van der Waals surface area (Å²) < 4.78 is 20.2. The molecule has 0 radical (unpaired) electrons. The molecule has 30 heavy (non-hydrogen) atoms. The largest absolute Gasteiger partial charge is 0.380 e. The molecule has 4 aromatic rings. The minimum Gasteiger partial charge on any atom is -0.380 e. The van der Waals surface area contributed by atoms with Crippen LogP contribution in [0.3, 0.4) is 0 Å². The summed E-state index contributed by atoms with van der Waals surface area (Å²) in [5.41, 5.74) is 1.60. The fourth-order valence-electron chi connectivity index (χ4n) is 3.10. The van der Waals surface area contributed by atoms with Gasteiger partial charge < -0.3 is 15.4 Å². The Morgan fingerprint density at radius 1 is 1.00 bits per heavy atom. The highest BCUT2D eigenvalue weighted by atomic mass is 32.1. The van der Waals surface area contributed by atoms with Crippen molar-refractivity contribution in [1.29, 1.82) is 0 Å². The molecule has 0 bridgehead atoms. The van der Waals surface area contributed by atoms with Gasteiger partial charge in [-0.25, -0.2) is 4.39 Å². The van der Waals surface area contributed by atoms with Gasteiger partial charge in [0.05, 0.1) is 16.4 Å². The molecule has 5 nitrogen and oxygen atoms in total. The van der Waals surface area contributed by atoms with Crippen molar-refractivity contribution in [1.82, 2.24) is 0 Å². The highest BCUT2D eigenvalue weighted by Crippen LogP contribution is 2.34. The van der Waals surface area contributed by atoms with E-state index >= 15 is 0 Å². The van der Waals surface area contributed by atoms with Crippen molar-refractivity contribution in [2.24, 2.45) is 0 Å². The maximum atomic E-state index is 14.3. The molecule has 8 heteroatoms. The molecule has 2 aromatic carbocycles. The summed E-state index contributed by atoms with van der Waals surface area (Å²) in [4.78, 5) is 26.2. The maximum Gasteiger partial charge on any atom is 0.266 e. The van der Waals surface area contributed by atoms with Crippen molar-refractivity contribution in [3.8, 4) is 0 Å². The monoisotopic (exact) mass is 440 g/mol. The summed E-state index contributed by atoms with van der Waals surface area (Å²) in [6.45, 7) is 0.126.